The lowest BCUT2D eigenvalue weighted by atomic mass is 10.1. The third kappa shape index (κ3) is 5.04. The highest BCUT2D eigenvalue weighted by Crippen LogP contribution is 2.18. The number of rotatable bonds is 7. The molecule has 0 aliphatic carbocycles. The molecule has 1 unspecified atom stereocenters. The summed E-state index contributed by atoms with van der Waals surface area (Å²) in [6, 6.07) is 17.2. The molecule has 0 radical (unpaired) electrons. The van der Waals surface area contributed by atoms with E-state index >= 15 is 0 Å². The van der Waals surface area contributed by atoms with Gasteiger partial charge in [0.2, 0.25) is 5.95 Å². The fraction of sp³-hybridized carbons (Fsp3) is 0.190. The van der Waals surface area contributed by atoms with Crippen molar-refractivity contribution < 1.29 is 9.53 Å². The maximum absolute atomic E-state index is 12.4. The number of carbonyl (C=O) groups is 1. The van der Waals surface area contributed by atoms with Gasteiger partial charge in [0.15, 0.2) is 0 Å². The lowest BCUT2D eigenvalue weighted by molar-refractivity contribution is 0.0939. The smallest absolute Gasteiger partial charge is 0.254 e. The molecule has 3 aromatic rings. The standard InChI is InChI=1S/C21H22N4O2/c1-3-27-19-11-9-18(10-12-19)25-21-22-13-17(14-23-21)20(26)24-15(2)16-7-5-4-6-8-16/h4-15H,3H2,1-2H3,(H,24,26)(H,22,23,25). The SMILES string of the molecule is CCOc1ccc(Nc2ncc(C(=O)NC(C)c3ccccc3)cn2)cc1. The van der Waals surface area contributed by atoms with Crippen LogP contribution in [0, 0.1) is 0 Å². The molecule has 1 aromatic heterocycles. The molecule has 0 aliphatic heterocycles. The van der Waals surface area contributed by atoms with Crippen LogP contribution in [0.1, 0.15) is 35.8 Å². The van der Waals surface area contributed by atoms with Crippen molar-refractivity contribution in [3.8, 4) is 5.75 Å². The van der Waals surface area contributed by atoms with E-state index in [1.807, 2.05) is 68.4 Å². The second-order valence-electron chi connectivity index (χ2n) is 5.98. The molecule has 6 heteroatoms. The predicted molar refractivity (Wildman–Crippen MR) is 105 cm³/mol. The van der Waals surface area contributed by atoms with Crippen LogP contribution in [0.2, 0.25) is 0 Å². The van der Waals surface area contributed by atoms with Gasteiger partial charge in [-0.3, -0.25) is 4.79 Å². The molecule has 27 heavy (non-hydrogen) atoms. The molecule has 0 spiro atoms. The van der Waals surface area contributed by atoms with E-state index in [1.54, 1.807) is 0 Å². The summed E-state index contributed by atoms with van der Waals surface area (Å²) in [5.74, 6) is 1.02. The van der Waals surface area contributed by atoms with E-state index in [0.29, 0.717) is 18.1 Å². The Bertz CT molecular complexity index is 865. The summed E-state index contributed by atoms with van der Waals surface area (Å²) in [7, 11) is 0. The lowest BCUT2D eigenvalue weighted by Gasteiger charge is -2.14. The van der Waals surface area contributed by atoms with E-state index < -0.39 is 0 Å². The van der Waals surface area contributed by atoms with Crippen LogP contribution in [0.25, 0.3) is 0 Å². The summed E-state index contributed by atoms with van der Waals surface area (Å²) < 4.78 is 5.41. The number of hydrogen-bond donors (Lipinski definition) is 2. The van der Waals surface area contributed by atoms with Gasteiger partial charge in [-0.05, 0) is 43.7 Å². The van der Waals surface area contributed by atoms with Crippen LogP contribution in [0.3, 0.4) is 0 Å². The molecule has 0 bridgehead atoms. The normalized spacial score (nSPS) is 11.5. The van der Waals surface area contributed by atoms with Crippen molar-refractivity contribution in [1.29, 1.82) is 0 Å². The van der Waals surface area contributed by atoms with Gasteiger partial charge in [0.05, 0.1) is 18.2 Å². The van der Waals surface area contributed by atoms with E-state index in [9.17, 15) is 4.79 Å². The van der Waals surface area contributed by atoms with E-state index in [2.05, 4.69) is 20.6 Å². The summed E-state index contributed by atoms with van der Waals surface area (Å²) in [5, 5.41) is 6.04. The molecule has 2 aromatic carbocycles. The van der Waals surface area contributed by atoms with Crippen molar-refractivity contribution in [2.24, 2.45) is 0 Å². The summed E-state index contributed by atoms with van der Waals surface area (Å²) in [6.45, 7) is 4.51. The molecule has 2 N–H and O–H groups in total. The number of hydrogen-bond acceptors (Lipinski definition) is 5. The maximum atomic E-state index is 12.4. The van der Waals surface area contributed by atoms with E-state index in [1.165, 1.54) is 12.4 Å². The number of anilines is 2. The Kier molecular flexibility index (Phi) is 5.99. The molecule has 138 valence electrons. The first kappa shape index (κ1) is 18.4. The summed E-state index contributed by atoms with van der Waals surface area (Å²) in [5.41, 5.74) is 2.30. The molecular weight excluding hydrogens is 340 g/mol. The average molecular weight is 362 g/mol. The van der Waals surface area contributed by atoms with Crippen molar-refractivity contribution in [1.82, 2.24) is 15.3 Å². The lowest BCUT2D eigenvalue weighted by Crippen LogP contribution is -2.26. The van der Waals surface area contributed by atoms with Crippen molar-refractivity contribution in [3.05, 3.63) is 78.1 Å². The number of nitrogens with one attached hydrogen (secondary N) is 2. The third-order valence-electron chi connectivity index (χ3n) is 3.98. The van der Waals surface area contributed by atoms with Gasteiger partial charge in [0.1, 0.15) is 5.75 Å². The number of ether oxygens (including phenoxy) is 1. The van der Waals surface area contributed by atoms with Crippen LogP contribution in [0.15, 0.2) is 67.0 Å². The predicted octanol–water partition coefficient (Wildman–Crippen LogP) is 4.11. The van der Waals surface area contributed by atoms with E-state index in [-0.39, 0.29) is 11.9 Å². The van der Waals surface area contributed by atoms with Crippen LogP contribution in [0.4, 0.5) is 11.6 Å². The van der Waals surface area contributed by atoms with Crippen molar-refractivity contribution >= 4 is 17.5 Å². The monoisotopic (exact) mass is 362 g/mol. The number of aromatic nitrogens is 2. The second kappa shape index (κ2) is 8.80. The summed E-state index contributed by atoms with van der Waals surface area (Å²) >= 11 is 0. The van der Waals surface area contributed by atoms with Crippen LogP contribution >= 0.6 is 0 Å². The molecule has 0 fully saturated rings. The van der Waals surface area contributed by atoms with Crippen LogP contribution in [-0.2, 0) is 0 Å². The highest BCUT2D eigenvalue weighted by atomic mass is 16.5. The second-order valence-corrected chi connectivity index (χ2v) is 5.98. The maximum Gasteiger partial charge on any atom is 0.254 e. The molecule has 6 nitrogen and oxygen atoms in total. The van der Waals surface area contributed by atoms with Gasteiger partial charge in [0, 0.05) is 18.1 Å². The van der Waals surface area contributed by atoms with Crippen molar-refractivity contribution in [3.63, 3.8) is 0 Å². The molecule has 0 aliphatic rings. The quantitative estimate of drug-likeness (QED) is 0.661. The zero-order chi connectivity index (χ0) is 19.1. The van der Waals surface area contributed by atoms with Crippen LogP contribution < -0.4 is 15.4 Å². The fourth-order valence-corrected chi connectivity index (χ4v) is 2.55. The third-order valence-corrected chi connectivity index (χ3v) is 3.98. The number of carbonyl (C=O) groups excluding carboxylic acids is 1. The Morgan fingerprint density at radius 1 is 1.04 bits per heavy atom. The Labute approximate surface area is 158 Å². The van der Waals surface area contributed by atoms with Gasteiger partial charge >= 0.3 is 0 Å². The Morgan fingerprint density at radius 2 is 1.70 bits per heavy atom. The number of nitrogens with zero attached hydrogens (tertiary/aromatic N) is 2. The number of benzene rings is 2. The Morgan fingerprint density at radius 3 is 2.33 bits per heavy atom. The summed E-state index contributed by atoms with van der Waals surface area (Å²) in [4.78, 5) is 20.8. The average Bonchev–Trinajstić information content (AvgIpc) is 2.71. The van der Waals surface area contributed by atoms with Crippen molar-refractivity contribution in [2.45, 2.75) is 19.9 Å². The first-order valence-corrected chi connectivity index (χ1v) is 8.83. The molecule has 1 amide bonds. The van der Waals surface area contributed by atoms with Crippen molar-refractivity contribution in [2.75, 3.05) is 11.9 Å². The highest BCUT2D eigenvalue weighted by Gasteiger charge is 2.12. The molecule has 1 atom stereocenters. The van der Waals surface area contributed by atoms with Gasteiger partial charge in [0.25, 0.3) is 5.91 Å². The summed E-state index contributed by atoms with van der Waals surface area (Å²) in [6.07, 6.45) is 3.02. The molecule has 1 heterocycles. The minimum Gasteiger partial charge on any atom is -0.494 e. The zero-order valence-electron chi connectivity index (χ0n) is 15.3. The van der Waals surface area contributed by atoms with Gasteiger partial charge < -0.3 is 15.4 Å². The highest BCUT2D eigenvalue weighted by molar-refractivity contribution is 5.93. The molecule has 0 saturated carbocycles. The molecular formula is C21H22N4O2. The first-order chi connectivity index (χ1) is 13.2. The van der Waals surface area contributed by atoms with E-state index in [0.717, 1.165) is 17.0 Å². The minimum absolute atomic E-state index is 0.0969. The van der Waals surface area contributed by atoms with Crippen LogP contribution in [-0.4, -0.2) is 22.5 Å². The Balaban J connectivity index is 1.60. The molecule has 0 saturated heterocycles. The Hall–Kier alpha value is -3.41. The van der Waals surface area contributed by atoms with Gasteiger partial charge in [-0.2, -0.15) is 0 Å². The first-order valence-electron chi connectivity index (χ1n) is 8.83. The number of amides is 1. The van der Waals surface area contributed by atoms with Gasteiger partial charge in [-0.1, -0.05) is 30.3 Å². The largest absolute Gasteiger partial charge is 0.494 e. The zero-order valence-corrected chi connectivity index (χ0v) is 15.3. The van der Waals surface area contributed by atoms with Gasteiger partial charge in [-0.15, -0.1) is 0 Å². The van der Waals surface area contributed by atoms with Gasteiger partial charge in [-0.25, -0.2) is 9.97 Å². The fourth-order valence-electron chi connectivity index (χ4n) is 2.55. The van der Waals surface area contributed by atoms with E-state index in [4.69, 9.17) is 4.74 Å². The topological polar surface area (TPSA) is 76.1 Å². The minimum atomic E-state index is -0.209. The van der Waals surface area contributed by atoms with Crippen LogP contribution in [0.5, 0.6) is 5.75 Å². The molecule has 3 rings (SSSR count).